The van der Waals surface area contributed by atoms with Crippen molar-refractivity contribution in [2.45, 2.75) is 26.2 Å². The first-order chi connectivity index (χ1) is 7.09. The van der Waals surface area contributed by atoms with Crippen LogP contribution in [0.5, 0.6) is 0 Å². The summed E-state index contributed by atoms with van der Waals surface area (Å²) in [6.45, 7) is 6.08. The van der Waals surface area contributed by atoms with Gasteiger partial charge in [0.15, 0.2) is 5.82 Å². The molecule has 1 aromatic heterocycles. The third kappa shape index (κ3) is 3.76. The Morgan fingerprint density at radius 1 is 1.31 bits per heavy atom. The maximum absolute atomic E-state index is 11.6. The second kappa shape index (κ2) is 4.34. The van der Waals surface area contributed by atoms with E-state index in [2.05, 4.69) is 9.35 Å². The van der Waals surface area contributed by atoms with Crippen molar-refractivity contribution in [2.75, 3.05) is 12.5 Å². The molecule has 0 bridgehead atoms. The number of hydrogen-bond donors (Lipinski definition) is 0. The lowest BCUT2D eigenvalue weighted by Crippen LogP contribution is -2.14. The summed E-state index contributed by atoms with van der Waals surface area (Å²) in [5.74, 6) is 0.476. The fraction of sp³-hybridized carbons (Fsp3) is 0.545. The molecule has 16 heavy (non-hydrogen) atoms. The van der Waals surface area contributed by atoms with Gasteiger partial charge in [0.25, 0.3) is 0 Å². The van der Waals surface area contributed by atoms with Gasteiger partial charge in [0.05, 0.1) is 10.7 Å². The van der Waals surface area contributed by atoms with E-state index in [1.165, 1.54) is 0 Å². The summed E-state index contributed by atoms with van der Waals surface area (Å²) in [5, 5.41) is 0.616. The predicted octanol–water partition coefficient (Wildman–Crippen LogP) is 3.39. The van der Waals surface area contributed by atoms with E-state index >= 15 is 0 Å². The van der Waals surface area contributed by atoms with E-state index in [9.17, 15) is 4.21 Å². The summed E-state index contributed by atoms with van der Waals surface area (Å²) in [4.78, 5) is 4.35. The fourth-order valence-electron chi connectivity index (χ4n) is 1.23. The van der Waals surface area contributed by atoms with Crippen molar-refractivity contribution in [3.8, 4) is 0 Å². The van der Waals surface area contributed by atoms with Crippen molar-refractivity contribution in [3.63, 3.8) is 0 Å². The van der Waals surface area contributed by atoms with Crippen LogP contribution in [0, 0.1) is 0 Å². The van der Waals surface area contributed by atoms with Gasteiger partial charge in [0.2, 0.25) is 0 Å². The standard InChI is InChI=1S/C11H17ClN2OS/c1-11(2,3)10-8(12)6-7-9(13-10)14-16(4,5)15/h6-7H,1-5H3. The molecule has 0 unspecified atom stereocenters. The highest BCUT2D eigenvalue weighted by Crippen LogP contribution is 2.29. The zero-order chi connectivity index (χ0) is 12.6. The Balaban J connectivity index is 3.35. The summed E-state index contributed by atoms with van der Waals surface area (Å²) in [6, 6.07) is 3.43. The monoisotopic (exact) mass is 260 g/mol. The van der Waals surface area contributed by atoms with Crippen molar-refractivity contribution in [3.05, 3.63) is 22.8 Å². The first kappa shape index (κ1) is 13.5. The number of hydrogen-bond acceptors (Lipinski definition) is 3. The number of halogens is 1. The van der Waals surface area contributed by atoms with Gasteiger partial charge in [-0.25, -0.2) is 9.19 Å². The van der Waals surface area contributed by atoms with Gasteiger partial charge in [-0.05, 0) is 12.1 Å². The Morgan fingerprint density at radius 3 is 2.31 bits per heavy atom. The molecule has 90 valence electrons. The van der Waals surface area contributed by atoms with Crippen molar-refractivity contribution in [1.29, 1.82) is 0 Å². The van der Waals surface area contributed by atoms with Crippen molar-refractivity contribution in [1.82, 2.24) is 4.98 Å². The molecule has 3 nitrogen and oxygen atoms in total. The summed E-state index contributed by atoms with van der Waals surface area (Å²) in [5.41, 5.74) is 0.629. The van der Waals surface area contributed by atoms with Gasteiger partial charge in [0, 0.05) is 27.7 Å². The maximum Gasteiger partial charge on any atom is 0.161 e. The van der Waals surface area contributed by atoms with Crippen LogP contribution in [0.15, 0.2) is 16.5 Å². The van der Waals surface area contributed by atoms with Gasteiger partial charge in [-0.1, -0.05) is 32.4 Å². The Hall–Kier alpha value is -0.610. The minimum atomic E-state index is -2.18. The molecule has 0 amide bonds. The van der Waals surface area contributed by atoms with Crippen LogP contribution in [-0.4, -0.2) is 21.7 Å². The number of pyridine rings is 1. The zero-order valence-electron chi connectivity index (χ0n) is 10.2. The highest BCUT2D eigenvalue weighted by Gasteiger charge is 2.19. The molecule has 0 saturated heterocycles. The second-order valence-electron chi connectivity index (χ2n) is 5.02. The number of rotatable bonds is 1. The molecule has 1 aromatic rings. The molecule has 0 fully saturated rings. The van der Waals surface area contributed by atoms with Gasteiger partial charge in [0.1, 0.15) is 0 Å². The van der Waals surface area contributed by atoms with Crippen LogP contribution in [0.2, 0.25) is 5.02 Å². The van der Waals surface area contributed by atoms with E-state index in [1.54, 1.807) is 24.6 Å². The minimum absolute atomic E-state index is 0.148. The van der Waals surface area contributed by atoms with Gasteiger partial charge < -0.3 is 0 Å². The third-order valence-corrected chi connectivity index (χ3v) is 2.79. The quantitative estimate of drug-likeness (QED) is 0.777. The Bertz CT molecular complexity index is 503. The lowest BCUT2D eigenvalue weighted by Gasteiger charge is -2.19. The van der Waals surface area contributed by atoms with Crippen LogP contribution < -0.4 is 0 Å². The van der Waals surface area contributed by atoms with Gasteiger partial charge in [-0.3, -0.25) is 0 Å². The Morgan fingerprint density at radius 2 is 1.88 bits per heavy atom. The third-order valence-electron chi connectivity index (χ3n) is 1.86. The predicted molar refractivity (Wildman–Crippen MR) is 70.0 cm³/mol. The molecule has 0 aliphatic rings. The van der Waals surface area contributed by atoms with E-state index in [1.807, 2.05) is 20.8 Å². The van der Waals surface area contributed by atoms with E-state index in [4.69, 9.17) is 11.6 Å². The van der Waals surface area contributed by atoms with E-state index in [0.717, 1.165) is 5.69 Å². The average Bonchev–Trinajstić information content (AvgIpc) is 2.04. The SMILES string of the molecule is CC(C)(C)c1nc(N=S(C)(C)=O)ccc1Cl. The van der Waals surface area contributed by atoms with Crippen molar-refractivity contribution < 1.29 is 4.21 Å². The average molecular weight is 261 g/mol. The number of aromatic nitrogens is 1. The molecular formula is C11H17ClN2OS. The summed E-state index contributed by atoms with van der Waals surface area (Å²) in [7, 11) is -2.18. The first-order valence-corrected chi connectivity index (χ1v) is 7.65. The normalized spacial score (nSPS) is 12.6. The topological polar surface area (TPSA) is 42.3 Å². The van der Waals surface area contributed by atoms with Crippen LogP contribution in [0.3, 0.4) is 0 Å². The molecule has 0 aliphatic heterocycles. The van der Waals surface area contributed by atoms with E-state index in [-0.39, 0.29) is 5.41 Å². The van der Waals surface area contributed by atoms with Gasteiger partial charge in [-0.2, -0.15) is 4.36 Å². The lowest BCUT2D eigenvalue weighted by atomic mass is 9.91. The van der Waals surface area contributed by atoms with Crippen molar-refractivity contribution >= 4 is 27.1 Å². The summed E-state index contributed by atoms with van der Waals surface area (Å²) in [6.07, 6.45) is 3.17. The molecule has 0 N–H and O–H groups in total. The summed E-state index contributed by atoms with van der Waals surface area (Å²) >= 11 is 6.08. The zero-order valence-corrected chi connectivity index (χ0v) is 11.8. The van der Waals surface area contributed by atoms with Gasteiger partial charge >= 0.3 is 0 Å². The van der Waals surface area contributed by atoms with Crippen LogP contribution in [0.1, 0.15) is 26.5 Å². The summed E-state index contributed by atoms with van der Waals surface area (Å²) < 4.78 is 15.6. The van der Waals surface area contributed by atoms with E-state index < -0.39 is 9.73 Å². The fourth-order valence-corrected chi connectivity index (χ4v) is 2.17. The second-order valence-corrected chi connectivity index (χ2v) is 7.97. The molecular weight excluding hydrogens is 244 g/mol. The molecule has 0 aromatic carbocycles. The smallest absolute Gasteiger partial charge is 0.161 e. The lowest BCUT2D eigenvalue weighted by molar-refractivity contribution is 0.570. The van der Waals surface area contributed by atoms with Crippen LogP contribution in [-0.2, 0) is 15.1 Å². The molecule has 0 aliphatic carbocycles. The van der Waals surface area contributed by atoms with Crippen LogP contribution in [0.4, 0.5) is 5.82 Å². The molecule has 0 saturated carbocycles. The van der Waals surface area contributed by atoms with Crippen LogP contribution >= 0.6 is 11.6 Å². The molecule has 1 rings (SSSR count). The molecule has 0 radical (unpaired) electrons. The Kier molecular flexibility index (Phi) is 3.65. The van der Waals surface area contributed by atoms with Crippen LogP contribution in [0.25, 0.3) is 0 Å². The molecule has 5 heteroatoms. The maximum atomic E-state index is 11.6. The van der Waals surface area contributed by atoms with Crippen molar-refractivity contribution in [2.24, 2.45) is 4.36 Å². The van der Waals surface area contributed by atoms with E-state index in [0.29, 0.717) is 10.8 Å². The molecule has 0 atom stereocenters. The highest BCUT2D eigenvalue weighted by atomic mass is 35.5. The molecule has 1 heterocycles. The highest BCUT2D eigenvalue weighted by molar-refractivity contribution is 7.92. The van der Waals surface area contributed by atoms with Gasteiger partial charge in [-0.15, -0.1) is 0 Å². The molecule has 0 spiro atoms. The first-order valence-electron chi connectivity index (χ1n) is 4.94. The Labute approximate surface area is 102 Å². The minimum Gasteiger partial charge on any atom is -0.250 e. The largest absolute Gasteiger partial charge is 0.250 e. The number of nitrogens with zero attached hydrogens (tertiary/aromatic N) is 2.